The number of nitrogens with one attached hydrogen (secondary N) is 1. The predicted molar refractivity (Wildman–Crippen MR) is 99.3 cm³/mol. The third-order valence-electron chi connectivity index (χ3n) is 3.51. The molecule has 0 atom stereocenters. The SMILES string of the molecule is CC(C)CC(=O)n1nc(-c2ccco2)nc1NCc1cccc(Br)c1. The van der Waals surface area contributed by atoms with Gasteiger partial charge in [-0.15, -0.1) is 5.10 Å². The number of carbonyl (C=O) groups is 1. The van der Waals surface area contributed by atoms with Crippen LogP contribution in [0.5, 0.6) is 0 Å². The van der Waals surface area contributed by atoms with Crippen LogP contribution in [0.1, 0.15) is 30.6 Å². The maximum Gasteiger partial charge on any atom is 0.250 e. The van der Waals surface area contributed by atoms with Crippen molar-refractivity contribution in [3.8, 4) is 11.6 Å². The van der Waals surface area contributed by atoms with Crippen LogP contribution in [0.15, 0.2) is 51.6 Å². The summed E-state index contributed by atoms with van der Waals surface area (Å²) in [7, 11) is 0. The summed E-state index contributed by atoms with van der Waals surface area (Å²) in [4.78, 5) is 16.9. The molecule has 2 aromatic heterocycles. The van der Waals surface area contributed by atoms with E-state index in [0.29, 0.717) is 30.5 Å². The van der Waals surface area contributed by atoms with E-state index < -0.39 is 0 Å². The second-order valence-corrected chi connectivity index (χ2v) is 7.04. The van der Waals surface area contributed by atoms with Crippen molar-refractivity contribution in [1.29, 1.82) is 0 Å². The third kappa shape index (κ3) is 4.36. The molecule has 6 nitrogen and oxygen atoms in total. The van der Waals surface area contributed by atoms with Gasteiger partial charge < -0.3 is 9.73 Å². The van der Waals surface area contributed by atoms with E-state index in [1.54, 1.807) is 18.4 Å². The van der Waals surface area contributed by atoms with E-state index in [2.05, 4.69) is 31.3 Å². The lowest BCUT2D eigenvalue weighted by molar-refractivity contribution is 0.0873. The quantitative estimate of drug-likeness (QED) is 0.651. The molecule has 0 aliphatic carbocycles. The molecule has 3 aromatic rings. The third-order valence-corrected chi connectivity index (χ3v) is 4.00. The Morgan fingerprint density at radius 2 is 2.16 bits per heavy atom. The molecule has 130 valence electrons. The number of anilines is 1. The van der Waals surface area contributed by atoms with Crippen molar-refractivity contribution in [3.05, 3.63) is 52.7 Å². The number of benzene rings is 1. The van der Waals surface area contributed by atoms with E-state index in [0.717, 1.165) is 10.0 Å². The molecule has 3 rings (SSSR count). The summed E-state index contributed by atoms with van der Waals surface area (Å²) in [5, 5.41) is 7.53. The lowest BCUT2D eigenvalue weighted by Crippen LogP contribution is -2.18. The molecule has 1 aromatic carbocycles. The first-order chi connectivity index (χ1) is 12.0. The number of rotatable bonds is 6. The first kappa shape index (κ1) is 17.4. The molecule has 1 N–H and O–H groups in total. The van der Waals surface area contributed by atoms with Gasteiger partial charge in [0.05, 0.1) is 6.26 Å². The highest BCUT2D eigenvalue weighted by atomic mass is 79.9. The minimum absolute atomic E-state index is 0.1000. The Kier molecular flexibility index (Phi) is 5.33. The summed E-state index contributed by atoms with van der Waals surface area (Å²) in [5.74, 6) is 1.47. The van der Waals surface area contributed by atoms with Crippen LogP contribution >= 0.6 is 15.9 Å². The van der Waals surface area contributed by atoms with Gasteiger partial charge in [-0.1, -0.05) is 41.9 Å². The number of hydrogen-bond acceptors (Lipinski definition) is 5. The van der Waals surface area contributed by atoms with Crippen molar-refractivity contribution >= 4 is 27.8 Å². The highest BCUT2D eigenvalue weighted by Crippen LogP contribution is 2.20. The van der Waals surface area contributed by atoms with Gasteiger partial charge in [0.2, 0.25) is 17.7 Å². The molecule has 0 fully saturated rings. The fourth-order valence-corrected chi connectivity index (χ4v) is 2.82. The molecule has 7 heteroatoms. The average Bonchev–Trinajstić information content (AvgIpc) is 3.21. The number of furan rings is 1. The highest BCUT2D eigenvalue weighted by molar-refractivity contribution is 9.10. The molecule has 0 saturated heterocycles. The maximum atomic E-state index is 12.5. The van der Waals surface area contributed by atoms with Gasteiger partial charge in [0.15, 0.2) is 5.76 Å². The second-order valence-electron chi connectivity index (χ2n) is 6.12. The van der Waals surface area contributed by atoms with E-state index in [1.807, 2.05) is 38.1 Å². The molecule has 0 unspecified atom stereocenters. The normalized spacial score (nSPS) is 11.0. The van der Waals surface area contributed by atoms with Crippen LogP contribution in [-0.4, -0.2) is 20.7 Å². The van der Waals surface area contributed by atoms with Crippen molar-refractivity contribution in [1.82, 2.24) is 14.8 Å². The molecule has 0 bridgehead atoms. The summed E-state index contributed by atoms with van der Waals surface area (Å²) in [6.07, 6.45) is 1.95. The zero-order valence-corrected chi connectivity index (χ0v) is 15.7. The largest absolute Gasteiger partial charge is 0.461 e. The minimum Gasteiger partial charge on any atom is -0.461 e. The van der Waals surface area contributed by atoms with Crippen molar-refractivity contribution in [2.24, 2.45) is 5.92 Å². The van der Waals surface area contributed by atoms with E-state index in [-0.39, 0.29) is 11.8 Å². The summed E-state index contributed by atoms with van der Waals surface area (Å²) < 4.78 is 7.67. The summed E-state index contributed by atoms with van der Waals surface area (Å²) >= 11 is 3.46. The molecule has 0 aliphatic heterocycles. The van der Waals surface area contributed by atoms with Crippen molar-refractivity contribution in [2.45, 2.75) is 26.8 Å². The lowest BCUT2D eigenvalue weighted by Gasteiger charge is -2.08. The van der Waals surface area contributed by atoms with E-state index >= 15 is 0 Å². The van der Waals surface area contributed by atoms with Gasteiger partial charge in [-0.05, 0) is 35.7 Å². The Bertz CT molecular complexity index is 856. The number of nitrogens with zero attached hydrogens (tertiary/aromatic N) is 3. The van der Waals surface area contributed by atoms with Gasteiger partial charge in [0, 0.05) is 17.4 Å². The average molecular weight is 403 g/mol. The van der Waals surface area contributed by atoms with Crippen molar-refractivity contribution in [2.75, 3.05) is 5.32 Å². The fourth-order valence-electron chi connectivity index (χ4n) is 2.37. The van der Waals surface area contributed by atoms with Gasteiger partial charge in [-0.2, -0.15) is 9.67 Å². The molecular formula is C18H19BrN4O2. The van der Waals surface area contributed by atoms with Crippen LogP contribution in [-0.2, 0) is 6.54 Å². The first-order valence-electron chi connectivity index (χ1n) is 8.05. The smallest absolute Gasteiger partial charge is 0.250 e. The second kappa shape index (κ2) is 7.65. The van der Waals surface area contributed by atoms with Gasteiger partial charge in [-0.25, -0.2) is 0 Å². The molecule has 0 spiro atoms. The lowest BCUT2D eigenvalue weighted by atomic mass is 10.1. The molecule has 0 amide bonds. The first-order valence-corrected chi connectivity index (χ1v) is 8.84. The molecule has 0 saturated carbocycles. The summed E-state index contributed by atoms with van der Waals surface area (Å²) in [5.41, 5.74) is 1.07. The van der Waals surface area contributed by atoms with E-state index in [4.69, 9.17) is 4.42 Å². The molecule has 2 heterocycles. The monoisotopic (exact) mass is 402 g/mol. The Morgan fingerprint density at radius 1 is 1.32 bits per heavy atom. The highest BCUT2D eigenvalue weighted by Gasteiger charge is 2.19. The zero-order chi connectivity index (χ0) is 17.8. The molecule has 25 heavy (non-hydrogen) atoms. The summed E-state index contributed by atoms with van der Waals surface area (Å²) in [6, 6.07) is 11.5. The van der Waals surface area contributed by atoms with Crippen molar-refractivity contribution in [3.63, 3.8) is 0 Å². The van der Waals surface area contributed by atoms with Gasteiger partial charge in [-0.3, -0.25) is 4.79 Å². The number of halogens is 1. The maximum absolute atomic E-state index is 12.5. The molecule has 0 aliphatic rings. The Labute approximate surface area is 154 Å². The Morgan fingerprint density at radius 3 is 2.84 bits per heavy atom. The summed E-state index contributed by atoms with van der Waals surface area (Å²) in [6.45, 7) is 4.53. The zero-order valence-electron chi connectivity index (χ0n) is 14.1. The predicted octanol–water partition coefficient (Wildman–Crippen LogP) is 4.60. The van der Waals surface area contributed by atoms with Crippen LogP contribution in [0.2, 0.25) is 0 Å². The van der Waals surface area contributed by atoms with E-state index in [9.17, 15) is 4.79 Å². The topological polar surface area (TPSA) is 73.0 Å². The Balaban J connectivity index is 1.86. The van der Waals surface area contributed by atoms with Crippen molar-refractivity contribution < 1.29 is 9.21 Å². The number of hydrogen-bond donors (Lipinski definition) is 1. The van der Waals surface area contributed by atoms with Gasteiger partial charge in [0.25, 0.3) is 0 Å². The number of carbonyl (C=O) groups excluding carboxylic acids is 1. The standard InChI is InChI=1S/C18H19BrN4O2/c1-12(2)9-16(24)23-18(20-11-13-5-3-6-14(19)10-13)21-17(22-23)15-7-4-8-25-15/h3-8,10,12H,9,11H2,1-2H3,(H,20,21,22). The van der Waals surface area contributed by atoms with Crippen LogP contribution in [0.4, 0.5) is 5.95 Å². The minimum atomic E-state index is -0.1000. The van der Waals surface area contributed by atoms with E-state index in [1.165, 1.54) is 4.68 Å². The Hall–Kier alpha value is -2.41. The molecule has 0 radical (unpaired) electrons. The van der Waals surface area contributed by atoms with Gasteiger partial charge in [0.1, 0.15) is 0 Å². The van der Waals surface area contributed by atoms with Crippen LogP contribution < -0.4 is 5.32 Å². The van der Waals surface area contributed by atoms with Crippen LogP contribution in [0.25, 0.3) is 11.6 Å². The van der Waals surface area contributed by atoms with Crippen LogP contribution in [0.3, 0.4) is 0 Å². The number of aromatic nitrogens is 3. The van der Waals surface area contributed by atoms with Crippen LogP contribution in [0, 0.1) is 5.92 Å². The molecular weight excluding hydrogens is 384 g/mol. The fraction of sp³-hybridized carbons (Fsp3) is 0.278. The van der Waals surface area contributed by atoms with Gasteiger partial charge >= 0.3 is 0 Å².